The molecule has 1 saturated heterocycles. The number of carboxylic acids is 1. The smallest absolute Gasteiger partial charge is 0.323 e. The Morgan fingerprint density at radius 1 is 1.43 bits per heavy atom. The van der Waals surface area contributed by atoms with Crippen LogP contribution in [0.5, 0.6) is 0 Å². The number of carboxylic acid groups (broad SMARTS) is 1. The summed E-state index contributed by atoms with van der Waals surface area (Å²) in [5.74, 6) is -1.42. The van der Waals surface area contributed by atoms with Crippen LogP contribution in [0.15, 0.2) is 4.79 Å². The molecule has 1 aliphatic heterocycles. The van der Waals surface area contributed by atoms with Crippen molar-refractivity contribution in [1.82, 2.24) is 9.47 Å². The van der Waals surface area contributed by atoms with Gasteiger partial charge in [0, 0.05) is 6.54 Å². The number of hydrogen-bond acceptors (Lipinski definition) is 6. The largest absolute Gasteiger partial charge is 0.480 e. The first-order valence-corrected chi connectivity index (χ1v) is 8.10. The first-order valence-electron chi connectivity index (χ1n) is 6.06. The van der Waals surface area contributed by atoms with Crippen molar-refractivity contribution < 1.29 is 14.7 Å². The molecule has 1 aromatic rings. The van der Waals surface area contributed by atoms with Crippen LogP contribution in [-0.4, -0.2) is 37.3 Å². The van der Waals surface area contributed by atoms with Crippen LogP contribution in [0, 0.1) is 0 Å². The maximum atomic E-state index is 12.3. The zero-order chi connectivity index (χ0) is 15.7. The van der Waals surface area contributed by atoms with Crippen molar-refractivity contribution in [3.8, 4) is 0 Å². The lowest BCUT2D eigenvalue weighted by Gasteiger charge is -2.09. The van der Waals surface area contributed by atoms with Gasteiger partial charge in [-0.05, 0) is 13.8 Å². The maximum Gasteiger partial charge on any atom is 0.323 e. The lowest BCUT2D eigenvalue weighted by molar-refractivity contribution is -0.137. The molecule has 0 bridgehead atoms. The summed E-state index contributed by atoms with van der Waals surface area (Å²) in [7, 11) is 0. The van der Waals surface area contributed by atoms with Gasteiger partial charge in [-0.1, -0.05) is 30.1 Å². The van der Waals surface area contributed by atoms with E-state index in [1.54, 1.807) is 19.9 Å². The van der Waals surface area contributed by atoms with Crippen molar-refractivity contribution in [2.24, 2.45) is 0 Å². The fourth-order valence-corrected chi connectivity index (χ4v) is 4.42. The lowest BCUT2D eigenvalue weighted by Crippen LogP contribution is -2.35. The van der Waals surface area contributed by atoms with Crippen molar-refractivity contribution in [1.29, 1.82) is 0 Å². The molecule has 1 amide bonds. The zero-order valence-electron chi connectivity index (χ0n) is 11.3. The highest BCUT2D eigenvalue weighted by atomic mass is 32.2. The molecule has 112 valence electrons. The summed E-state index contributed by atoms with van der Waals surface area (Å²) in [6.45, 7) is 3.46. The number of aliphatic carboxylic acids is 1. The van der Waals surface area contributed by atoms with Gasteiger partial charge in [0.25, 0.3) is 11.5 Å². The van der Waals surface area contributed by atoms with Crippen LogP contribution in [-0.2, 0) is 16.1 Å². The predicted octanol–water partition coefficient (Wildman–Crippen LogP) is -0.217. The van der Waals surface area contributed by atoms with E-state index >= 15 is 0 Å². The molecule has 1 aliphatic rings. The number of carbonyl (C=O) groups is 2. The summed E-state index contributed by atoms with van der Waals surface area (Å²) in [5.41, 5.74) is -0.401. The third-order valence-corrected chi connectivity index (χ3v) is 5.64. The lowest BCUT2D eigenvalue weighted by atomic mass is 10.5. The van der Waals surface area contributed by atoms with Crippen LogP contribution in [0.1, 0.15) is 13.8 Å². The molecule has 2 rings (SSSR count). The molecular formula is C12H12N2O4S3. The van der Waals surface area contributed by atoms with Crippen LogP contribution < -0.4 is 14.8 Å². The van der Waals surface area contributed by atoms with Crippen LogP contribution in [0.25, 0.3) is 11.0 Å². The molecule has 0 atom stereocenters. The zero-order valence-corrected chi connectivity index (χ0v) is 13.7. The predicted molar refractivity (Wildman–Crippen MR) is 86.6 cm³/mol. The van der Waals surface area contributed by atoms with Crippen LogP contribution in [0.2, 0.25) is 0 Å². The summed E-state index contributed by atoms with van der Waals surface area (Å²) in [6.07, 6.45) is 1.61. The van der Waals surface area contributed by atoms with Crippen molar-refractivity contribution in [2.45, 2.75) is 20.4 Å². The molecule has 2 heterocycles. The van der Waals surface area contributed by atoms with E-state index in [0.717, 1.165) is 27.7 Å². The van der Waals surface area contributed by atoms with E-state index in [4.69, 9.17) is 17.3 Å². The van der Waals surface area contributed by atoms with Gasteiger partial charge in [-0.3, -0.25) is 23.9 Å². The van der Waals surface area contributed by atoms with Gasteiger partial charge < -0.3 is 5.11 Å². The molecule has 0 radical (unpaired) electrons. The van der Waals surface area contributed by atoms with Gasteiger partial charge in [-0.15, -0.1) is 11.3 Å². The monoisotopic (exact) mass is 344 g/mol. The number of hydrogen-bond donors (Lipinski definition) is 1. The summed E-state index contributed by atoms with van der Waals surface area (Å²) < 4.78 is 2.30. The second-order valence-electron chi connectivity index (χ2n) is 4.09. The van der Waals surface area contributed by atoms with Gasteiger partial charge in [0.1, 0.15) is 20.4 Å². The summed E-state index contributed by atoms with van der Waals surface area (Å²) >= 11 is 7.35. The van der Waals surface area contributed by atoms with E-state index in [2.05, 4.69) is 0 Å². The minimum Gasteiger partial charge on any atom is -0.480 e. The first kappa shape index (κ1) is 15.9. The number of thioether (sulfide) groups is 1. The van der Waals surface area contributed by atoms with Gasteiger partial charge in [-0.2, -0.15) is 0 Å². The fourth-order valence-electron chi connectivity index (χ4n) is 1.86. The second kappa shape index (κ2) is 6.12. The normalized spacial score (nSPS) is 18.8. The molecule has 6 nitrogen and oxygen atoms in total. The first-order chi connectivity index (χ1) is 9.90. The average Bonchev–Trinajstić information content (AvgIpc) is 2.88. The number of aromatic nitrogens is 1. The Morgan fingerprint density at radius 3 is 2.57 bits per heavy atom. The quantitative estimate of drug-likeness (QED) is 0.764. The van der Waals surface area contributed by atoms with Gasteiger partial charge in [0.2, 0.25) is 0 Å². The second-order valence-corrected chi connectivity index (χ2v) is 6.77. The van der Waals surface area contributed by atoms with Crippen LogP contribution in [0.3, 0.4) is 0 Å². The Morgan fingerprint density at radius 2 is 2.10 bits per heavy atom. The highest BCUT2D eigenvalue weighted by Gasteiger charge is 2.33. The van der Waals surface area contributed by atoms with Crippen molar-refractivity contribution >= 4 is 62.5 Å². The molecule has 1 aromatic heterocycles. The molecular weight excluding hydrogens is 332 g/mol. The van der Waals surface area contributed by atoms with Crippen molar-refractivity contribution in [2.75, 3.05) is 6.54 Å². The van der Waals surface area contributed by atoms with Crippen molar-refractivity contribution in [3.63, 3.8) is 0 Å². The molecule has 0 aromatic carbocycles. The Hall–Kier alpha value is -1.45. The van der Waals surface area contributed by atoms with E-state index in [1.165, 1.54) is 4.90 Å². The average molecular weight is 344 g/mol. The van der Waals surface area contributed by atoms with Crippen LogP contribution >= 0.6 is 35.3 Å². The summed E-state index contributed by atoms with van der Waals surface area (Å²) in [6, 6.07) is 0. The molecule has 1 fully saturated rings. The third-order valence-electron chi connectivity index (χ3n) is 2.82. The van der Waals surface area contributed by atoms with Crippen molar-refractivity contribution in [3.05, 3.63) is 19.5 Å². The van der Waals surface area contributed by atoms with E-state index in [-0.39, 0.29) is 5.91 Å². The van der Waals surface area contributed by atoms with E-state index < -0.39 is 18.1 Å². The standard InChI is InChI=1S/C12H12N2O4S3/c1-3-6-9(17)14(5-7(15)16)11(20-6)8-10(18)13(4-2)12(19)21-8/h3H,4-5H2,1-2H3,(H,15,16)/b6-3+,11-8-. The van der Waals surface area contributed by atoms with E-state index in [0.29, 0.717) is 25.0 Å². The number of nitrogens with zero attached hydrogens (tertiary/aromatic N) is 2. The van der Waals surface area contributed by atoms with Gasteiger partial charge in [-0.25, -0.2) is 0 Å². The topological polar surface area (TPSA) is 79.6 Å². The number of thiocarbonyl (C=S) groups is 1. The number of carbonyl (C=O) groups excluding carboxylic acids is 1. The van der Waals surface area contributed by atoms with Crippen LogP contribution in [0.4, 0.5) is 0 Å². The van der Waals surface area contributed by atoms with Gasteiger partial charge in [0.15, 0.2) is 0 Å². The molecule has 1 N–H and O–H groups in total. The fraction of sp³-hybridized carbons (Fsp3) is 0.333. The summed E-state index contributed by atoms with van der Waals surface area (Å²) in [5, 5.41) is 8.95. The molecule has 9 heteroatoms. The number of amides is 1. The molecule has 0 unspecified atom stereocenters. The number of rotatable bonds is 3. The van der Waals surface area contributed by atoms with Gasteiger partial charge >= 0.3 is 5.97 Å². The number of thiazole rings is 1. The van der Waals surface area contributed by atoms with E-state index in [1.807, 2.05) is 0 Å². The molecule has 0 aliphatic carbocycles. The van der Waals surface area contributed by atoms with E-state index in [9.17, 15) is 14.4 Å². The Bertz CT molecular complexity index is 805. The Labute approximate surface area is 133 Å². The minimum atomic E-state index is -1.13. The Kier molecular flexibility index (Phi) is 4.64. The SMILES string of the molecule is C/C=c1/s/c(=C2\SC(=S)N(CC)C2=O)n(CC(=O)O)c1=O. The minimum absolute atomic E-state index is 0.282. The summed E-state index contributed by atoms with van der Waals surface area (Å²) in [4.78, 5) is 37.2. The molecule has 0 saturated carbocycles. The molecule has 21 heavy (non-hydrogen) atoms. The highest BCUT2D eigenvalue weighted by Crippen LogP contribution is 2.30. The third kappa shape index (κ3) is 2.81. The Balaban J connectivity index is 2.77. The maximum absolute atomic E-state index is 12.3. The molecule has 0 spiro atoms. The highest BCUT2D eigenvalue weighted by molar-refractivity contribution is 8.30. The van der Waals surface area contributed by atoms with Gasteiger partial charge in [0.05, 0.1) is 4.53 Å².